The van der Waals surface area contributed by atoms with Gasteiger partial charge in [-0.15, -0.1) is 0 Å². The number of imidazole rings is 1. The van der Waals surface area contributed by atoms with Crippen LogP contribution < -0.4 is 0 Å². The second-order valence-corrected chi connectivity index (χ2v) is 7.84. The smallest absolute Gasteiger partial charge is 0.113 e. The number of benzene rings is 1. The molecule has 2 aromatic rings. The summed E-state index contributed by atoms with van der Waals surface area (Å²) in [6, 6.07) is 0. The molecule has 0 spiro atoms. The summed E-state index contributed by atoms with van der Waals surface area (Å²) in [6.45, 7) is 8.00. The van der Waals surface area contributed by atoms with E-state index in [1.54, 1.807) is 0 Å². The van der Waals surface area contributed by atoms with Gasteiger partial charge < -0.3 is 9.47 Å². The lowest BCUT2D eigenvalue weighted by Crippen LogP contribution is -2.30. The van der Waals surface area contributed by atoms with Gasteiger partial charge in [0.25, 0.3) is 0 Å². The van der Waals surface area contributed by atoms with E-state index in [4.69, 9.17) is 4.98 Å². The van der Waals surface area contributed by atoms with Crippen LogP contribution in [0.3, 0.4) is 0 Å². The molecule has 0 amide bonds. The van der Waals surface area contributed by atoms with Crippen molar-refractivity contribution in [1.29, 1.82) is 0 Å². The highest BCUT2D eigenvalue weighted by atomic mass is 79.9. The third kappa shape index (κ3) is 2.07. The predicted molar refractivity (Wildman–Crippen MR) is 94.7 cm³/mol. The van der Waals surface area contributed by atoms with Crippen molar-refractivity contribution in [3.8, 4) is 0 Å². The average Bonchev–Trinajstić information content (AvgIpc) is 2.92. The van der Waals surface area contributed by atoms with Gasteiger partial charge in [0, 0.05) is 16.9 Å². The van der Waals surface area contributed by atoms with E-state index >= 15 is 0 Å². The Morgan fingerprint density at radius 3 is 2.55 bits per heavy atom. The molecule has 0 aliphatic carbocycles. The molecule has 0 atom stereocenters. The first-order chi connectivity index (χ1) is 10.6. The zero-order chi connectivity index (χ0) is 15.4. The summed E-state index contributed by atoms with van der Waals surface area (Å²) in [6.07, 6.45) is 4.93. The SMILES string of the molecule is Cc1c(Br)c(C)c2nc(C3CCN(C)CC3)n3c2c1CCC3. The van der Waals surface area contributed by atoms with E-state index in [1.165, 1.54) is 76.8 Å². The van der Waals surface area contributed by atoms with Gasteiger partial charge in [0.15, 0.2) is 0 Å². The molecule has 1 aromatic carbocycles. The Balaban J connectivity index is 1.91. The summed E-state index contributed by atoms with van der Waals surface area (Å²) >= 11 is 3.80. The van der Waals surface area contributed by atoms with Gasteiger partial charge in [0.05, 0.1) is 11.0 Å². The van der Waals surface area contributed by atoms with Crippen LogP contribution in [0, 0.1) is 13.8 Å². The van der Waals surface area contributed by atoms with Gasteiger partial charge in [-0.3, -0.25) is 0 Å². The van der Waals surface area contributed by atoms with E-state index in [9.17, 15) is 0 Å². The Morgan fingerprint density at radius 2 is 1.82 bits per heavy atom. The maximum Gasteiger partial charge on any atom is 0.113 e. The zero-order valence-electron chi connectivity index (χ0n) is 13.7. The molecule has 0 bridgehead atoms. The van der Waals surface area contributed by atoms with Crippen molar-refractivity contribution in [2.45, 2.75) is 52.0 Å². The number of rotatable bonds is 1. The van der Waals surface area contributed by atoms with E-state index < -0.39 is 0 Å². The van der Waals surface area contributed by atoms with Gasteiger partial charge in [0.1, 0.15) is 5.82 Å². The monoisotopic (exact) mass is 361 g/mol. The van der Waals surface area contributed by atoms with Crippen molar-refractivity contribution in [1.82, 2.24) is 14.5 Å². The quantitative estimate of drug-likeness (QED) is 0.759. The molecule has 2 aliphatic heterocycles. The molecule has 1 aromatic heterocycles. The van der Waals surface area contributed by atoms with Crippen molar-refractivity contribution in [2.75, 3.05) is 20.1 Å². The summed E-state index contributed by atoms with van der Waals surface area (Å²) in [5.41, 5.74) is 6.91. The lowest BCUT2D eigenvalue weighted by Gasteiger charge is -2.29. The summed E-state index contributed by atoms with van der Waals surface area (Å²) in [5.74, 6) is 1.98. The van der Waals surface area contributed by atoms with Crippen LogP contribution >= 0.6 is 15.9 Å². The van der Waals surface area contributed by atoms with Crippen LogP contribution in [-0.4, -0.2) is 34.6 Å². The van der Waals surface area contributed by atoms with Gasteiger partial charge in [-0.25, -0.2) is 4.98 Å². The van der Waals surface area contributed by atoms with Gasteiger partial charge in [-0.2, -0.15) is 0 Å². The first-order valence-corrected chi connectivity index (χ1v) is 9.23. The maximum atomic E-state index is 5.15. The number of aromatic nitrogens is 2. The Kier molecular flexibility index (Phi) is 3.57. The molecule has 4 rings (SSSR count). The van der Waals surface area contributed by atoms with Crippen LogP contribution in [0.15, 0.2) is 4.47 Å². The zero-order valence-corrected chi connectivity index (χ0v) is 15.3. The van der Waals surface area contributed by atoms with Gasteiger partial charge >= 0.3 is 0 Å². The number of halogens is 1. The first kappa shape index (κ1) is 14.7. The number of nitrogens with zero attached hydrogens (tertiary/aromatic N) is 3. The van der Waals surface area contributed by atoms with Gasteiger partial charge in [0.2, 0.25) is 0 Å². The molecule has 0 radical (unpaired) electrons. The van der Waals surface area contributed by atoms with Crippen molar-refractivity contribution < 1.29 is 0 Å². The third-order valence-corrected chi connectivity index (χ3v) is 6.83. The molecule has 0 saturated carbocycles. The maximum absolute atomic E-state index is 5.15. The van der Waals surface area contributed by atoms with E-state index in [2.05, 4.69) is 46.3 Å². The average molecular weight is 362 g/mol. The molecule has 1 saturated heterocycles. The minimum Gasteiger partial charge on any atom is -0.327 e. The molecule has 22 heavy (non-hydrogen) atoms. The van der Waals surface area contributed by atoms with E-state index in [0.29, 0.717) is 5.92 Å². The highest BCUT2D eigenvalue weighted by molar-refractivity contribution is 9.10. The van der Waals surface area contributed by atoms with Crippen molar-refractivity contribution in [3.05, 3.63) is 27.0 Å². The summed E-state index contributed by atoms with van der Waals surface area (Å²) in [7, 11) is 2.23. The molecular formula is C18H24BrN3. The molecule has 118 valence electrons. The van der Waals surface area contributed by atoms with Gasteiger partial charge in [-0.1, -0.05) is 15.9 Å². The number of hydrogen-bond donors (Lipinski definition) is 0. The Morgan fingerprint density at radius 1 is 1.09 bits per heavy atom. The summed E-state index contributed by atoms with van der Waals surface area (Å²) in [5, 5.41) is 0. The molecule has 1 fully saturated rings. The summed E-state index contributed by atoms with van der Waals surface area (Å²) < 4.78 is 3.81. The fourth-order valence-corrected chi connectivity index (χ4v) is 4.68. The van der Waals surface area contributed by atoms with Crippen LogP contribution in [0.5, 0.6) is 0 Å². The van der Waals surface area contributed by atoms with Gasteiger partial charge in [-0.05, 0) is 76.4 Å². The Bertz CT molecular complexity index is 739. The van der Waals surface area contributed by atoms with Crippen LogP contribution in [0.4, 0.5) is 0 Å². The lowest BCUT2D eigenvalue weighted by atomic mass is 9.95. The molecule has 4 heteroatoms. The highest BCUT2D eigenvalue weighted by Gasteiger charge is 2.28. The second kappa shape index (κ2) is 5.34. The fraction of sp³-hybridized carbons (Fsp3) is 0.611. The molecule has 3 heterocycles. The van der Waals surface area contributed by atoms with Crippen LogP contribution in [0.25, 0.3) is 11.0 Å². The third-order valence-electron chi connectivity index (χ3n) is 5.64. The van der Waals surface area contributed by atoms with Crippen molar-refractivity contribution in [3.63, 3.8) is 0 Å². The van der Waals surface area contributed by atoms with Crippen LogP contribution in [0.1, 0.15) is 47.7 Å². The van der Waals surface area contributed by atoms with Crippen LogP contribution in [0.2, 0.25) is 0 Å². The van der Waals surface area contributed by atoms with E-state index in [-0.39, 0.29) is 0 Å². The summed E-state index contributed by atoms with van der Waals surface area (Å²) in [4.78, 5) is 7.59. The predicted octanol–water partition coefficient (Wildman–Crippen LogP) is 4.17. The van der Waals surface area contributed by atoms with Crippen molar-refractivity contribution >= 4 is 27.0 Å². The number of piperidine rings is 1. The topological polar surface area (TPSA) is 21.1 Å². The minimum atomic E-state index is 0.632. The Labute approximate surface area is 140 Å². The number of aryl methyl sites for hydroxylation is 3. The molecule has 3 nitrogen and oxygen atoms in total. The Hall–Kier alpha value is -0.870. The highest BCUT2D eigenvalue weighted by Crippen LogP contribution is 2.39. The molecule has 0 unspecified atom stereocenters. The second-order valence-electron chi connectivity index (χ2n) is 7.04. The minimum absolute atomic E-state index is 0.632. The number of hydrogen-bond acceptors (Lipinski definition) is 2. The number of likely N-dealkylation sites (tertiary alicyclic amines) is 1. The van der Waals surface area contributed by atoms with Crippen LogP contribution in [-0.2, 0) is 13.0 Å². The standard InChI is InChI=1S/C18H24BrN3/c1-11-14-5-4-8-22-17(14)16(12(2)15(11)19)20-18(22)13-6-9-21(3)10-7-13/h13H,4-10H2,1-3H3. The van der Waals surface area contributed by atoms with E-state index in [0.717, 1.165) is 6.54 Å². The normalized spacial score (nSPS) is 20.0. The largest absolute Gasteiger partial charge is 0.327 e. The molecule has 2 aliphatic rings. The lowest BCUT2D eigenvalue weighted by molar-refractivity contribution is 0.248. The van der Waals surface area contributed by atoms with Crippen molar-refractivity contribution in [2.24, 2.45) is 0 Å². The molecular weight excluding hydrogens is 338 g/mol. The first-order valence-electron chi connectivity index (χ1n) is 8.44. The fourth-order valence-electron chi connectivity index (χ4n) is 4.26. The molecule has 0 N–H and O–H groups in total. The van der Waals surface area contributed by atoms with E-state index in [1.807, 2.05) is 0 Å².